The average Bonchev–Trinajstić information content (AvgIpc) is 2.65. The predicted molar refractivity (Wildman–Crippen MR) is 109 cm³/mol. The molecule has 2 rings (SSSR count). The molecular weight excluding hydrogens is 428 g/mol. The molecule has 5 atom stereocenters. The summed E-state index contributed by atoms with van der Waals surface area (Å²) >= 11 is 1.24. The van der Waals surface area contributed by atoms with E-state index in [0.29, 0.717) is 0 Å². The first kappa shape index (κ1) is 24.7. The van der Waals surface area contributed by atoms with Gasteiger partial charge < -0.3 is 23.7 Å². The fraction of sp³-hybridized carbons (Fsp3) is 0.524. The van der Waals surface area contributed by atoms with E-state index in [9.17, 15) is 19.2 Å². The summed E-state index contributed by atoms with van der Waals surface area (Å²) in [5.74, 6) is -2.50. The van der Waals surface area contributed by atoms with E-state index in [1.807, 2.05) is 31.2 Å². The molecule has 1 heterocycles. The van der Waals surface area contributed by atoms with Gasteiger partial charge in [-0.1, -0.05) is 29.5 Å². The highest BCUT2D eigenvalue weighted by molar-refractivity contribution is 7.99. The molecule has 170 valence electrons. The molecule has 0 bridgehead atoms. The lowest BCUT2D eigenvalue weighted by molar-refractivity contribution is -0.237. The number of thioether (sulfide) groups is 1. The van der Waals surface area contributed by atoms with Crippen LogP contribution in [0, 0.1) is 6.92 Å². The topological polar surface area (TPSA) is 114 Å². The Morgan fingerprint density at radius 1 is 0.806 bits per heavy atom. The van der Waals surface area contributed by atoms with Gasteiger partial charge in [0.2, 0.25) is 0 Å². The first-order chi connectivity index (χ1) is 14.6. The molecule has 31 heavy (non-hydrogen) atoms. The quantitative estimate of drug-likeness (QED) is 0.448. The molecule has 1 fully saturated rings. The Labute approximate surface area is 184 Å². The molecule has 1 aromatic carbocycles. The van der Waals surface area contributed by atoms with E-state index < -0.39 is 53.7 Å². The lowest BCUT2D eigenvalue weighted by Gasteiger charge is -2.44. The van der Waals surface area contributed by atoms with E-state index in [1.54, 1.807) is 0 Å². The van der Waals surface area contributed by atoms with Crippen molar-refractivity contribution >= 4 is 35.6 Å². The summed E-state index contributed by atoms with van der Waals surface area (Å²) in [4.78, 5) is 47.5. The molecule has 0 aromatic heterocycles. The van der Waals surface area contributed by atoms with Crippen molar-refractivity contribution in [1.82, 2.24) is 0 Å². The van der Waals surface area contributed by atoms with Crippen molar-refractivity contribution in [2.24, 2.45) is 0 Å². The van der Waals surface area contributed by atoms with Crippen LogP contribution in [0.2, 0.25) is 0 Å². The maximum atomic E-state index is 11.8. The summed E-state index contributed by atoms with van der Waals surface area (Å²) in [6.45, 7) is 6.51. The maximum Gasteiger partial charge on any atom is 0.303 e. The van der Waals surface area contributed by atoms with Crippen molar-refractivity contribution in [3.05, 3.63) is 29.8 Å². The van der Waals surface area contributed by atoms with Gasteiger partial charge in [-0.05, 0) is 19.1 Å². The van der Waals surface area contributed by atoms with Crippen molar-refractivity contribution in [2.45, 2.75) is 69.4 Å². The van der Waals surface area contributed by atoms with Gasteiger partial charge in [0.25, 0.3) is 0 Å². The standard InChI is InChI=1S/C21H26O9S/c1-11-6-8-16(9-7-11)31-21-20(29-15(5)25)19(28-14(4)24)18(27-13(3)23)17(30-21)10-26-12(2)22/h6-9,17-21H,10H2,1-5H3/t17-,18-,19+,20+,21-/m1/s1. The fourth-order valence-corrected chi connectivity index (χ4v) is 4.14. The fourth-order valence-electron chi connectivity index (χ4n) is 3.03. The van der Waals surface area contributed by atoms with Crippen LogP contribution in [0.5, 0.6) is 0 Å². The van der Waals surface area contributed by atoms with Gasteiger partial charge in [-0.2, -0.15) is 0 Å². The number of benzene rings is 1. The van der Waals surface area contributed by atoms with Crippen molar-refractivity contribution in [3.63, 3.8) is 0 Å². The average molecular weight is 454 g/mol. The number of esters is 4. The Bertz CT molecular complexity index is 808. The molecule has 0 saturated carbocycles. The van der Waals surface area contributed by atoms with Crippen LogP contribution >= 0.6 is 11.8 Å². The SMILES string of the molecule is CC(=O)OC[C@H]1O[C@H](Sc2ccc(C)cc2)[C@@H](OC(C)=O)[C@@H](OC(C)=O)[C@@H]1OC(C)=O. The number of carbonyl (C=O) groups excluding carboxylic acids is 4. The molecule has 1 saturated heterocycles. The zero-order chi connectivity index (χ0) is 23.1. The van der Waals surface area contributed by atoms with Gasteiger partial charge in [-0.25, -0.2) is 0 Å². The molecule has 1 aromatic rings. The second kappa shape index (κ2) is 11.1. The monoisotopic (exact) mass is 454 g/mol. The second-order valence-electron chi connectivity index (χ2n) is 7.00. The van der Waals surface area contributed by atoms with Crippen LogP contribution in [-0.4, -0.2) is 60.3 Å². The Morgan fingerprint density at radius 2 is 1.32 bits per heavy atom. The summed E-state index contributed by atoms with van der Waals surface area (Å²) in [7, 11) is 0. The zero-order valence-electron chi connectivity index (χ0n) is 18.0. The Balaban J connectivity index is 2.43. The minimum absolute atomic E-state index is 0.247. The van der Waals surface area contributed by atoms with Gasteiger partial charge in [-0.3, -0.25) is 19.2 Å². The molecule has 0 radical (unpaired) electrons. The van der Waals surface area contributed by atoms with Crippen LogP contribution in [0.3, 0.4) is 0 Å². The number of ether oxygens (including phenoxy) is 5. The molecule has 9 nitrogen and oxygen atoms in total. The summed E-state index contributed by atoms with van der Waals surface area (Å²) in [6.07, 6.45) is -4.35. The van der Waals surface area contributed by atoms with E-state index in [2.05, 4.69) is 0 Å². The van der Waals surface area contributed by atoms with Crippen molar-refractivity contribution < 1.29 is 42.9 Å². The molecule has 1 aliphatic heterocycles. The minimum Gasteiger partial charge on any atom is -0.463 e. The second-order valence-corrected chi connectivity index (χ2v) is 8.17. The van der Waals surface area contributed by atoms with Crippen LogP contribution in [0.4, 0.5) is 0 Å². The van der Waals surface area contributed by atoms with Crippen LogP contribution in [0.1, 0.15) is 33.3 Å². The molecule has 1 aliphatic rings. The Morgan fingerprint density at radius 3 is 1.84 bits per heavy atom. The first-order valence-corrected chi connectivity index (χ1v) is 10.5. The van der Waals surface area contributed by atoms with Gasteiger partial charge in [-0.15, -0.1) is 0 Å². The summed E-state index contributed by atoms with van der Waals surface area (Å²) in [5, 5.41) is 0. The van der Waals surface area contributed by atoms with Crippen molar-refractivity contribution in [2.75, 3.05) is 6.61 Å². The largest absolute Gasteiger partial charge is 0.463 e. The first-order valence-electron chi connectivity index (χ1n) is 9.60. The van der Waals surface area contributed by atoms with E-state index in [1.165, 1.54) is 39.5 Å². The highest BCUT2D eigenvalue weighted by Gasteiger charge is 2.52. The summed E-state index contributed by atoms with van der Waals surface area (Å²) in [6, 6.07) is 7.56. The number of hydrogen-bond donors (Lipinski definition) is 0. The van der Waals surface area contributed by atoms with E-state index in [0.717, 1.165) is 10.5 Å². The normalized spacial score (nSPS) is 25.3. The van der Waals surface area contributed by atoms with Gasteiger partial charge in [0.05, 0.1) is 0 Å². The lowest BCUT2D eigenvalue weighted by Crippen LogP contribution is -2.61. The van der Waals surface area contributed by atoms with E-state index in [4.69, 9.17) is 23.7 Å². The number of hydrogen-bond acceptors (Lipinski definition) is 10. The molecule has 0 unspecified atom stereocenters. The minimum atomic E-state index is -1.16. The van der Waals surface area contributed by atoms with E-state index in [-0.39, 0.29) is 6.61 Å². The summed E-state index contributed by atoms with van der Waals surface area (Å²) < 4.78 is 27.3. The predicted octanol–water partition coefficient (Wildman–Crippen LogP) is 2.17. The van der Waals surface area contributed by atoms with Gasteiger partial charge in [0.1, 0.15) is 18.1 Å². The van der Waals surface area contributed by atoms with Crippen LogP contribution in [0.15, 0.2) is 29.2 Å². The van der Waals surface area contributed by atoms with Crippen LogP contribution in [-0.2, 0) is 42.9 Å². The third-order valence-corrected chi connectivity index (χ3v) is 5.38. The third-order valence-electron chi connectivity index (χ3n) is 4.22. The number of carbonyl (C=O) groups is 4. The highest BCUT2D eigenvalue weighted by Crippen LogP contribution is 2.37. The Kier molecular flexibility index (Phi) is 8.88. The van der Waals surface area contributed by atoms with Crippen molar-refractivity contribution in [3.8, 4) is 0 Å². The van der Waals surface area contributed by atoms with Gasteiger partial charge >= 0.3 is 23.9 Å². The molecular formula is C21H26O9S. The molecule has 10 heteroatoms. The van der Waals surface area contributed by atoms with Crippen LogP contribution < -0.4 is 0 Å². The molecule has 0 aliphatic carbocycles. The smallest absolute Gasteiger partial charge is 0.303 e. The number of rotatable bonds is 7. The van der Waals surface area contributed by atoms with Gasteiger partial charge in [0, 0.05) is 32.6 Å². The maximum absolute atomic E-state index is 11.8. The molecule has 0 amide bonds. The Hall–Kier alpha value is -2.59. The third kappa shape index (κ3) is 7.55. The zero-order valence-corrected chi connectivity index (χ0v) is 18.8. The number of aryl methyl sites for hydroxylation is 1. The van der Waals surface area contributed by atoms with Gasteiger partial charge in [0.15, 0.2) is 18.3 Å². The molecule has 0 spiro atoms. The summed E-state index contributed by atoms with van der Waals surface area (Å²) in [5.41, 5.74) is 0.231. The molecule has 0 N–H and O–H groups in total. The van der Waals surface area contributed by atoms with Crippen LogP contribution in [0.25, 0.3) is 0 Å². The highest BCUT2D eigenvalue weighted by atomic mass is 32.2. The van der Waals surface area contributed by atoms with E-state index >= 15 is 0 Å². The lowest BCUT2D eigenvalue weighted by atomic mass is 9.99. The van der Waals surface area contributed by atoms with Crippen molar-refractivity contribution in [1.29, 1.82) is 0 Å².